The SMILES string of the molecule is COc1ccccc1NS(=O)(=O)c1cc(CO)sc1C. The minimum atomic E-state index is -3.70. The third-order valence-electron chi connectivity index (χ3n) is 2.72. The van der Waals surface area contributed by atoms with Gasteiger partial charge in [-0.3, -0.25) is 4.72 Å². The average Bonchev–Trinajstić information content (AvgIpc) is 2.81. The van der Waals surface area contributed by atoms with Crippen LogP contribution in [0.25, 0.3) is 0 Å². The van der Waals surface area contributed by atoms with Gasteiger partial charge in [0, 0.05) is 9.75 Å². The Morgan fingerprint density at radius 3 is 2.65 bits per heavy atom. The molecule has 0 aliphatic carbocycles. The van der Waals surface area contributed by atoms with Crippen molar-refractivity contribution in [2.45, 2.75) is 18.4 Å². The molecular weight excluding hydrogens is 298 g/mol. The van der Waals surface area contributed by atoms with E-state index in [4.69, 9.17) is 9.84 Å². The van der Waals surface area contributed by atoms with Gasteiger partial charge in [0.2, 0.25) is 0 Å². The van der Waals surface area contributed by atoms with E-state index in [2.05, 4.69) is 4.72 Å². The van der Waals surface area contributed by atoms with Crippen LogP contribution in [0.2, 0.25) is 0 Å². The Morgan fingerprint density at radius 1 is 1.35 bits per heavy atom. The predicted molar refractivity (Wildman–Crippen MR) is 78.8 cm³/mol. The molecule has 0 saturated carbocycles. The molecule has 108 valence electrons. The number of rotatable bonds is 5. The van der Waals surface area contributed by atoms with Gasteiger partial charge in [-0.15, -0.1) is 11.3 Å². The summed E-state index contributed by atoms with van der Waals surface area (Å²) in [6, 6.07) is 8.27. The molecule has 0 saturated heterocycles. The van der Waals surface area contributed by atoms with Gasteiger partial charge < -0.3 is 9.84 Å². The first-order valence-corrected chi connectivity index (χ1v) is 8.14. The molecule has 0 radical (unpaired) electrons. The normalized spacial score (nSPS) is 11.3. The van der Waals surface area contributed by atoms with Gasteiger partial charge >= 0.3 is 0 Å². The first-order chi connectivity index (χ1) is 9.47. The van der Waals surface area contributed by atoms with E-state index in [1.165, 1.54) is 24.5 Å². The molecule has 0 fully saturated rings. The van der Waals surface area contributed by atoms with Gasteiger partial charge in [-0.25, -0.2) is 8.42 Å². The quantitative estimate of drug-likeness (QED) is 0.888. The maximum atomic E-state index is 12.4. The van der Waals surface area contributed by atoms with Crippen LogP contribution in [0, 0.1) is 6.92 Å². The number of hydrogen-bond donors (Lipinski definition) is 2. The summed E-state index contributed by atoms with van der Waals surface area (Å²) in [5, 5.41) is 9.09. The molecule has 0 spiro atoms. The molecule has 0 amide bonds. The monoisotopic (exact) mass is 313 g/mol. The summed E-state index contributed by atoms with van der Waals surface area (Å²) in [4.78, 5) is 1.43. The third kappa shape index (κ3) is 2.95. The van der Waals surface area contributed by atoms with E-state index < -0.39 is 10.0 Å². The molecular formula is C13H15NO4S2. The van der Waals surface area contributed by atoms with Gasteiger partial charge in [0.15, 0.2) is 0 Å². The summed E-state index contributed by atoms with van der Waals surface area (Å²) in [6.07, 6.45) is 0. The number of hydrogen-bond acceptors (Lipinski definition) is 5. The van der Waals surface area contributed by atoms with Gasteiger partial charge in [0.1, 0.15) is 10.6 Å². The molecule has 2 rings (SSSR count). The molecule has 0 bridgehead atoms. The molecule has 0 atom stereocenters. The summed E-state index contributed by atoms with van der Waals surface area (Å²) >= 11 is 1.26. The lowest BCUT2D eigenvalue weighted by atomic mass is 10.3. The van der Waals surface area contributed by atoms with Crippen molar-refractivity contribution >= 4 is 27.0 Å². The van der Waals surface area contributed by atoms with E-state index in [-0.39, 0.29) is 11.5 Å². The minimum Gasteiger partial charge on any atom is -0.495 e. The molecule has 0 unspecified atom stereocenters. The number of ether oxygens (including phenoxy) is 1. The van der Waals surface area contributed by atoms with Crippen LogP contribution in [-0.4, -0.2) is 20.6 Å². The number of methoxy groups -OCH3 is 1. The van der Waals surface area contributed by atoms with E-state index in [0.29, 0.717) is 21.2 Å². The molecule has 0 aliphatic rings. The van der Waals surface area contributed by atoms with Gasteiger partial charge in [-0.2, -0.15) is 0 Å². The lowest BCUT2D eigenvalue weighted by Gasteiger charge is -2.11. The van der Waals surface area contributed by atoms with E-state index in [9.17, 15) is 8.42 Å². The van der Waals surface area contributed by atoms with Crippen molar-refractivity contribution in [3.8, 4) is 5.75 Å². The smallest absolute Gasteiger partial charge is 0.263 e. The second-order valence-electron chi connectivity index (χ2n) is 4.10. The molecule has 20 heavy (non-hydrogen) atoms. The number of aliphatic hydroxyl groups is 1. The van der Waals surface area contributed by atoms with Crippen LogP contribution in [0.5, 0.6) is 5.75 Å². The Kier molecular flexibility index (Phi) is 4.32. The Hall–Kier alpha value is -1.57. The van der Waals surface area contributed by atoms with Crippen LogP contribution in [0.1, 0.15) is 9.75 Å². The standard InChI is InChI=1S/C13H15NO4S2/c1-9-13(7-10(8-15)19-9)20(16,17)14-11-5-3-4-6-12(11)18-2/h3-7,14-15H,8H2,1-2H3. The van der Waals surface area contributed by atoms with Crippen molar-refractivity contribution < 1.29 is 18.3 Å². The summed E-state index contributed by atoms with van der Waals surface area (Å²) in [5.74, 6) is 0.450. The zero-order valence-corrected chi connectivity index (χ0v) is 12.7. The highest BCUT2D eigenvalue weighted by Crippen LogP contribution is 2.30. The lowest BCUT2D eigenvalue weighted by molar-refractivity contribution is 0.285. The predicted octanol–water partition coefficient (Wildman–Crippen LogP) is 2.36. The molecule has 2 N–H and O–H groups in total. The van der Waals surface area contributed by atoms with Crippen LogP contribution in [0.3, 0.4) is 0 Å². The highest BCUT2D eigenvalue weighted by atomic mass is 32.2. The Labute approximate surface area is 121 Å². The molecule has 7 heteroatoms. The van der Waals surface area contributed by atoms with Crippen molar-refractivity contribution in [1.82, 2.24) is 0 Å². The molecule has 1 aromatic carbocycles. The van der Waals surface area contributed by atoms with E-state index >= 15 is 0 Å². The summed E-state index contributed by atoms with van der Waals surface area (Å²) in [6.45, 7) is 1.54. The molecule has 2 aromatic rings. The Bertz CT molecular complexity index is 707. The van der Waals surface area contributed by atoms with Crippen LogP contribution in [0.4, 0.5) is 5.69 Å². The Morgan fingerprint density at radius 2 is 2.05 bits per heavy atom. The number of para-hydroxylation sites is 2. The number of nitrogens with one attached hydrogen (secondary N) is 1. The number of anilines is 1. The second-order valence-corrected chi connectivity index (χ2v) is 7.09. The van der Waals surface area contributed by atoms with Crippen molar-refractivity contribution in [2.24, 2.45) is 0 Å². The van der Waals surface area contributed by atoms with Crippen LogP contribution >= 0.6 is 11.3 Å². The zero-order valence-electron chi connectivity index (χ0n) is 11.1. The minimum absolute atomic E-state index is 0.171. The maximum absolute atomic E-state index is 12.4. The highest BCUT2D eigenvalue weighted by Gasteiger charge is 2.21. The number of aliphatic hydroxyl groups excluding tert-OH is 1. The highest BCUT2D eigenvalue weighted by molar-refractivity contribution is 7.93. The first kappa shape index (κ1) is 14.8. The molecule has 1 heterocycles. The fourth-order valence-electron chi connectivity index (χ4n) is 1.80. The van der Waals surface area contributed by atoms with Crippen LogP contribution in [-0.2, 0) is 16.6 Å². The van der Waals surface area contributed by atoms with E-state index in [1.54, 1.807) is 31.2 Å². The summed E-state index contributed by atoms with van der Waals surface area (Å²) in [5.41, 5.74) is 0.381. The van der Waals surface area contributed by atoms with Gasteiger partial charge in [0.25, 0.3) is 10.0 Å². The fourth-order valence-corrected chi connectivity index (χ4v) is 4.36. The number of thiophene rings is 1. The number of benzene rings is 1. The van der Waals surface area contributed by atoms with Crippen molar-refractivity contribution in [3.63, 3.8) is 0 Å². The zero-order chi connectivity index (χ0) is 14.8. The Balaban J connectivity index is 2.38. The molecule has 1 aromatic heterocycles. The number of aryl methyl sites for hydroxylation is 1. The lowest BCUT2D eigenvalue weighted by Crippen LogP contribution is -2.13. The van der Waals surface area contributed by atoms with Crippen LogP contribution < -0.4 is 9.46 Å². The summed E-state index contributed by atoms with van der Waals surface area (Å²) < 4.78 is 32.4. The third-order valence-corrected chi connectivity index (χ3v) is 5.38. The van der Waals surface area contributed by atoms with Gasteiger partial charge in [0.05, 0.1) is 19.4 Å². The topological polar surface area (TPSA) is 75.6 Å². The van der Waals surface area contributed by atoms with Gasteiger partial charge in [-0.1, -0.05) is 12.1 Å². The van der Waals surface area contributed by atoms with Crippen molar-refractivity contribution in [2.75, 3.05) is 11.8 Å². The van der Waals surface area contributed by atoms with Gasteiger partial charge in [-0.05, 0) is 25.1 Å². The second kappa shape index (κ2) is 5.82. The molecule has 5 nitrogen and oxygen atoms in total. The van der Waals surface area contributed by atoms with Crippen molar-refractivity contribution in [1.29, 1.82) is 0 Å². The largest absolute Gasteiger partial charge is 0.495 e. The van der Waals surface area contributed by atoms with E-state index in [0.717, 1.165) is 0 Å². The molecule has 0 aliphatic heterocycles. The van der Waals surface area contributed by atoms with Crippen molar-refractivity contribution in [3.05, 3.63) is 40.1 Å². The number of sulfonamides is 1. The maximum Gasteiger partial charge on any atom is 0.263 e. The average molecular weight is 313 g/mol. The fraction of sp³-hybridized carbons (Fsp3) is 0.231. The van der Waals surface area contributed by atoms with Crippen LogP contribution in [0.15, 0.2) is 35.2 Å². The summed E-state index contributed by atoms with van der Waals surface area (Å²) in [7, 11) is -2.22. The first-order valence-electron chi connectivity index (χ1n) is 5.84. The van der Waals surface area contributed by atoms with E-state index in [1.807, 2.05) is 0 Å².